The number of aliphatic hydroxyl groups is 1. The van der Waals surface area contributed by atoms with E-state index in [4.69, 9.17) is 9.47 Å². The number of nitrogens with zero attached hydrogens (tertiary/aromatic N) is 2. The highest BCUT2D eigenvalue weighted by Crippen LogP contribution is 2.40. The zero-order valence-corrected chi connectivity index (χ0v) is 18.0. The highest BCUT2D eigenvalue weighted by molar-refractivity contribution is 6.46. The van der Waals surface area contributed by atoms with Gasteiger partial charge in [0.05, 0.1) is 16.5 Å². The summed E-state index contributed by atoms with van der Waals surface area (Å²) in [5.41, 5.74) is 0.258. The van der Waals surface area contributed by atoms with E-state index in [2.05, 4.69) is 0 Å². The van der Waals surface area contributed by atoms with E-state index in [0.717, 1.165) is 0 Å². The lowest BCUT2D eigenvalue weighted by Crippen LogP contribution is -2.31. The molecule has 3 rings (SSSR count). The molecule has 10 nitrogen and oxygen atoms in total. The summed E-state index contributed by atoms with van der Waals surface area (Å²) in [5.74, 6) is -2.45. The van der Waals surface area contributed by atoms with Crippen LogP contribution in [0.4, 0.5) is 5.69 Å². The van der Waals surface area contributed by atoms with E-state index in [-0.39, 0.29) is 29.1 Å². The molecule has 33 heavy (non-hydrogen) atoms. The number of carbonyl (C=O) groups is 3. The van der Waals surface area contributed by atoms with Crippen molar-refractivity contribution in [3.8, 4) is 5.75 Å². The van der Waals surface area contributed by atoms with E-state index in [9.17, 15) is 29.6 Å². The van der Waals surface area contributed by atoms with Crippen LogP contribution in [0.1, 0.15) is 30.5 Å². The lowest BCUT2D eigenvalue weighted by molar-refractivity contribution is -0.384. The number of likely N-dealkylation sites (tertiary alicyclic amines) is 1. The van der Waals surface area contributed by atoms with Crippen molar-refractivity contribution in [3.05, 3.63) is 75.3 Å². The first-order valence-corrected chi connectivity index (χ1v) is 10.0. The van der Waals surface area contributed by atoms with E-state index >= 15 is 0 Å². The molecule has 2 aromatic carbocycles. The Labute approximate surface area is 189 Å². The molecule has 1 fully saturated rings. The van der Waals surface area contributed by atoms with Gasteiger partial charge in [0.1, 0.15) is 11.5 Å². The van der Waals surface area contributed by atoms with E-state index in [0.29, 0.717) is 18.6 Å². The van der Waals surface area contributed by atoms with Gasteiger partial charge >= 0.3 is 5.97 Å². The number of hydrogen-bond donors (Lipinski definition) is 1. The van der Waals surface area contributed by atoms with Crippen molar-refractivity contribution < 1.29 is 33.9 Å². The fraction of sp³-hybridized carbons (Fsp3) is 0.261. The molecular weight excluding hydrogens is 432 g/mol. The third kappa shape index (κ3) is 5.07. The van der Waals surface area contributed by atoms with Crippen molar-refractivity contribution in [1.82, 2.24) is 4.90 Å². The predicted molar refractivity (Wildman–Crippen MR) is 116 cm³/mol. The van der Waals surface area contributed by atoms with E-state index in [1.54, 1.807) is 18.2 Å². The van der Waals surface area contributed by atoms with E-state index in [1.807, 2.05) is 0 Å². The Balaban J connectivity index is 2.12. The molecule has 1 heterocycles. The molecule has 1 saturated heterocycles. The van der Waals surface area contributed by atoms with Gasteiger partial charge in [-0.3, -0.25) is 24.5 Å². The maximum atomic E-state index is 13.0. The van der Waals surface area contributed by atoms with Crippen molar-refractivity contribution in [2.45, 2.75) is 19.4 Å². The van der Waals surface area contributed by atoms with Crippen LogP contribution < -0.4 is 4.74 Å². The number of methoxy groups -OCH3 is 1. The van der Waals surface area contributed by atoms with E-state index in [1.165, 1.54) is 49.3 Å². The fourth-order valence-electron chi connectivity index (χ4n) is 3.65. The molecule has 0 bridgehead atoms. The number of benzene rings is 2. The first-order valence-electron chi connectivity index (χ1n) is 10.0. The number of carbonyl (C=O) groups excluding carboxylic acids is 3. The zero-order valence-electron chi connectivity index (χ0n) is 18.0. The molecule has 0 saturated carbocycles. The molecule has 1 N–H and O–H groups in total. The summed E-state index contributed by atoms with van der Waals surface area (Å²) < 4.78 is 10.2. The Hall–Kier alpha value is -4.05. The lowest BCUT2D eigenvalue weighted by Gasteiger charge is -2.25. The monoisotopic (exact) mass is 454 g/mol. The molecule has 1 atom stereocenters. The lowest BCUT2D eigenvalue weighted by atomic mass is 9.95. The molecule has 172 valence electrons. The molecule has 2 aromatic rings. The smallest absolute Gasteiger partial charge is 0.308 e. The molecule has 0 aromatic heterocycles. The maximum absolute atomic E-state index is 13.0. The van der Waals surface area contributed by atoms with Gasteiger partial charge in [-0.25, -0.2) is 0 Å². The first-order chi connectivity index (χ1) is 15.7. The topological polar surface area (TPSA) is 136 Å². The second-order valence-corrected chi connectivity index (χ2v) is 7.31. The largest absolute Gasteiger partial charge is 0.507 e. The molecule has 10 heteroatoms. The number of nitro groups is 1. The normalized spacial score (nSPS) is 17.3. The molecule has 1 aliphatic rings. The number of esters is 1. The summed E-state index contributed by atoms with van der Waals surface area (Å²) >= 11 is 0. The fourth-order valence-corrected chi connectivity index (χ4v) is 3.65. The van der Waals surface area contributed by atoms with Gasteiger partial charge in [-0.15, -0.1) is 0 Å². The second-order valence-electron chi connectivity index (χ2n) is 7.31. The number of ether oxygens (including phenoxy) is 2. The van der Waals surface area contributed by atoms with Crippen LogP contribution in [-0.2, 0) is 19.1 Å². The minimum atomic E-state index is -0.951. The summed E-state index contributed by atoms with van der Waals surface area (Å²) in [6.45, 7) is 1.78. The summed E-state index contributed by atoms with van der Waals surface area (Å²) in [4.78, 5) is 48.8. The molecule has 0 radical (unpaired) electrons. The van der Waals surface area contributed by atoms with Crippen LogP contribution in [0, 0.1) is 10.1 Å². The number of non-ortho nitro benzene ring substituents is 1. The Morgan fingerprint density at radius 3 is 2.48 bits per heavy atom. The summed E-state index contributed by atoms with van der Waals surface area (Å²) in [6, 6.07) is 10.4. The second kappa shape index (κ2) is 10.0. The number of nitro benzene ring substituents is 1. The average molecular weight is 454 g/mol. The van der Waals surface area contributed by atoms with Gasteiger partial charge in [0.2, 0.25) is 0 Å². The van der Waals surface area contributed by atoms with Crippen LogP contribution in [0.15, 0.2) is 54.1 Å². The SMILES string of the molecule is COCCCN1C(=O)C(=O)/C(=C(/O)c2ccc([N+](=O)[O-])cc2)C1c1cccc(OC(C)=O)c1. The van der Waals surface area contributed by atoms with Crippen molar-refractivity contribution in [1.29, 1.82) is 0 Å². The Bertz CT molecular complexity index is 1120. The quantitative estimate of drug-likeness (QED) is 0.0940. The Kier molecular flexibility index (Phi) is 7.19. The third-order valence-corrected chi connectivity index (χ3v) is 5.07. The highest BCUT2D eigenvalue weighted by atomic mass is 16.6. The van der Waals surface area contributed by atoms with Gasteiger partial charge in [-0.05, 0) is 36.2 Å². The molecule has 0 aliphatic carbocycles. The van der Waals surface area contributed by atoms with Gasteiger partial charge in [-0.2, -0.15) is 0 Å². The van der Waals surface area contributed by atoms with Gasteiger partial charge in [0, 0.05) is 44.9 Å². The molecule has 1 unspecified atom stereocenters. The molecular formula is C23H22N2O8. The zero-order chi connectivity index (χ0) is 24.1. The summed E-state index contributed by atoms with van der Waals surface area (Å²) in [7, 11) is 1.52. The highest BCUT2D eigenvalue weighted by Gasteiger charge is 2.45. The number of hydrogen-bond acceptors (Lipinski definition) is 8. The Morgan fingerprint density at radius 1 is 1.18 bits per heavy atom. The van der Waals surface area contributed by atoms with Crippen LogP contribution in [0.5, 0.6) is 5.75 Å². The van der Waals surface area contributed by atoms with Crippen molar-refractivity contribution in [2.75, 3.05) is 20.3 Å². The van der Waals surface area contributed by atoms with Crippen LogP contribution in [0.2, 0.25) is 0 Å². The maximum Gasteiger partial charge on any atom is 0.308 e. The van der Waals surface area contributed by atoms with Crippen molar-refractivity contribution in [2.24, 2.45) is 0 Å². The van der Waals surface area contributed by atoms with Gasteiger partial charge in [0.25, 0.3) is 17.4 Å². The molecule has 1 amide bonds. The Morgan fingerprint density at radius 2 is 1.88 bits per heavy atom. The minimum absolute atomic E-state index is 0.150. The standard InChI is InChI=1S/C23H22N2O8/c1-14(26)33-18-6-3-5-16(13-18)20-19(22(28)23(29)24(20)11-4-12-32-2)21(27)15-7-9-17(10-8-15)25(30)31/h3,5-10,13,20,27H,4,11-12H2,1-2H3/b21-19+. The summed E-state index contributed by atoms with van der Waals surface area (Å²) in [5, 5.41) is 21.9. The minimum Gasteiger partial charge on any atom is -0.507 e. The van der Waals surface area contributed by atoms with E-state index < -0.39 is 34.4 Å². The number of ketones is 1. The van der Waals surface area contributed by atoms with Crippen molar-refractivity contribution in [3.63, 3.8) is 0 Å². The number of Topliss-reactive ketones (excluding diaryl/α,β-unsaturated/α-hetero) is 1. The van der Waals surface area contributed by atoms with Crippen molar-refractivity contribution >= 4 is 29.1 Å². The average Bonchev–Trinajstić information content (AvgIpc) is 3.03. The van der Waals surface area contributed by atoms with Gasteiger partial charge in [-0.1, -0.05) is 12.1 Å². The van der Waals surface area contributed by atoms with Crippen LogP contribution in [-0.4, -0.2) is 52.9 Å². The van der Waals surface area contributed by atoms with Gasteiger partial charge in [0.15, 0.2) is 0 Å². The molecule has 0 spiro atoms. The van der Waals surface area contributed by atoms with Gasteiger partial charge < -0.3 is 19.5 Å². The summed E-state index contributed by atoms with van der Waals surface area (Å²) in [6.07, 6.45) is 0.446. The molecule has 1 aliphatic heterocycles. The van der Waals surface area contributed by atoms with Crippen LogP contribution in [0.3, 0.4) is 0 Å². The number of aliphatic hydroxyl groups excluding tert-OH is 1. The predicted octanol–water partition coefficient (Wildman–Crippen LogP) is 2.98. The number of amides is 1. The number of rotatable bonds is 8. The van der Waals surface area contributed by atoms with Crippen LogP contribution in [0.25, 0.3) is 5.76 Å². The van der Waals surface area contributed by atoms with Crippen LogP contribution >= 0.6 is 0 Å². The first kappa shape index (κ1) is 23.6. The third-order valence-electron chi connectivity index (χ3n) is 5.07.